The monoisotopic (exact) mass is 457 g/mol. The Kier molecular flexibility index (Phi) is 12.0. The molecule has 5 nitrogen and oxygen atoms in total. The maximum absolute atomic E-state index is 12.2. The second-order valence-electron chi connectivity index (χ2n) is 6.29. The summed E-state index contributed by atoms with van der Waals surface area (Å²) >= 11 is 0. The third-order valence-corrected chi connectivity index (χ3v) is 4.42. The molecule has 0 amide bonds. The lowest BCUT2D eigenvalue weighted by Crippen LogP contribution is -2.47. The summed E-state index contributed by atoms with van der Waals surface area (Å²) in [5.41, 5.74) is 0. The van der Waals surface area contributed by atoms with Gasteiger partial charge in [-0.3, -0.25) is 9.38 Å². The summed E-state index contributed by atoms with van der Waals surface area (Å²) in [7, 11) is 0. The predicted octanol–water partition coefficient (Wildman–Crippen LogP) is 2.98. The van der Waals surface area contributed by atoms with Gasteiger partial charge in [-0.05, 0) is 45.4 Å². The first kappa shape index (κ1) is 21.9. The van der Waals surface area contributed by atoms with Crippen LogP contribution in [0.3, 0.4) is 0 Å². The van der Waals surface area contributed by atoms with Crippen LogP contribution in [0, 0.1) is 0 Å². The summed E-state index contributed by atoms with van der Waals surface area (Å²) < 4.78 is 24.0. The minimum atomic E-state index is -0.304. The number of piperidine rings is 1. The molecule has 2 aliphatic rings. The molecule has 0 aromatic heterocycles. The number of hydrogen-bond acceptors (Lipinski definition) is 3. The van der Waals surface area contributed by atoms with Crippen LogP contribution in [0.5, 0.6) is 0 Å². The molecule has 2 aliphatic heterocycles. The van der Waals surface area contributed by atoms with E-state index in [1.54, 1.807) is 0 Å². The fourth-order valence-electron chi connectivity index (χ4n) is 3.09. The van der Waals surface area contributed by atoms with Crippen molar-refractivity contribution in [3.63, 3.8) is 0 Å². The third-order valence-electron chi connectivity index (χ3n) is 4.42. The molecule has 2 fully saturated rings. The lowest BCUT2D eigenvalue weighted by molar-refractivity contribution is -0.0721. The highest BCUT2D eigenvalue weighted by Crippen LogP contribution is 2.18. The van der Waals surface area contributed by atoms with Gasteiger partial charge in [0.15, 0.2) is 5.96 Å². The van der Waals surface area contributed by atoms with Crippen LogP contribution in [-0.4, -0.2) is 69.1 Å². The average molecular weight is 457 g/mol. The molecule has 0 spiro atoms. The van der Waals surface area contributed by atoms with Gasteiger partial charge < -0.3 is 19.7 Å². The molecular formula is C17H33FIN3O2. The Morgan fingerprint density at radius 1 is 1.29 bits per heavy atom. The lowest BCUT2D eigenvalue weighted by atomic mass is 10.1. The molecule has 0 aliphatic carbocycles. The molecule has 0 saturated carbocycles. The standard InChI is InChI=1S/C17H32FN3O2.HI/c1-2-19-17(20-10-5-9-18)21-11-7-15(8-12-21)23-14-16-6-3-4-13-22-16;/h15-16H,2-14H2,1H3,(H,19,20);1H. The van der Waals surface area contributed by atoms with Gasteiger partial charge in [-0.25, -0.2) is 0 Å². The molecule has 0 radical (unpaired) electrons. The van der Waals surface area contributed by atoms with Gasteiger partial charge in [-0.15, -0.1) is 24.0 Å². The van der Waals surface area contributed by atoms with Crippen molar-refractivity contribution in [2.45, 2.75) is 57.7 Å². The Morgan fingerprint density at radius 3 is 2.71 bits per heavy atom. The number of guanidine groups is 1. The zero-order chi connectivity index (χ0) is 16.3. The van der Waals surface area contributed by atoms with Crippen LogP contribution in [-0.2, 0) is 9.47 Å². The highest BCUT2D eigenvalue weighted by molar-refractivity contribution is 14.0. The average Bonchev–Trinajstić information content (AvgIpc) is 2.61. The molecule has 2 rings (SSSR count). The summed E-state index contributed by atoms with van der Waals surface area (Å²) in [4.78, 5) is 6.76. The van der Waals surface area contributed by atoms with Crippen molar-refractivity contribution in [1.82, 2.24) is 10.2 Å². The lowest BCUT2D eigenvalue weighted by Gasteiger charge is -2.35. The van der Waals surface area contributed by atoms with Gasteiger partial charge in [-0.2, -0.15) is 0 Å². The van der Waals surface area contributed by atoms with Gasteiger partial charge in [0.25, 0.3) is 0 Å². The van der Waals surface area contributed by atoms with E-state index in [-0.39, 0.29) is 30.7 Å². The van der Waals surface area contributed by atoms with Crippen molar-refractivity contribution in [2.75, 3.05) is 46.1 Å². The van der Waals surface area contributed by atoms with E-state index in [9.17, 15) is 4.39 Å². The van der Waals surface area contributed by atoms with Crippen molar-refractivity contribution in [3.8, 4) is 0 Å². The second kappa shape index (κ2) is 13.1. The number of hydrogen-bond donors (Lipinski definition) is 1. The largest absolute Gasteiger partial charge is 0.376 e. The summed E-state index contributed by atoms with van der Waals surface area (Å²) in [5, 5.41) is 3.30. The summed E-state index contributed by atoms with van der Waals surface area (Å²) in [6.45, 7) is 6.64. The van der Waals surface area contributed by atoms with Crippen LogP contribution in [0.15, 0.2) is 4.99 Å². The third kappa shape index (κ3) is 7.82. The van der Waals surface area contributed by atoms with Crippen LogP contribution in [0.4, 0.5) is 4.39 Å². The quantitative estimate of drug-likeness (QED) is 0.277. The van der Waals surface area contributed by atoms with E-state index < -0.39 is 0 Å². The molecule has 142 valence electrons. The van der Waals surface area contributed by atoms with Crippen molar-refractivity contribution in [3.05, 3.63) is 0 Å². The Morgan fingerprint density at radius 2 is 2.08 bits per heavy atom. The highest BCUT2D eigenvalue weighted by Gasteiger charge is 2.23. The van der Waals surface area contributed by atoms with Gasteiger partial charge in [0.2, 0.25) is 0 Å². The van der Waals surface area contributed by atoms with E-state index in [0.717, 1.165) is 58.1 Å². The van der Waals surface area contributed by atoms with Gasteiger partial charge in [0, 0.05) is 32.8 Å². The van der Waals surface area contributed by atoms with Gasteiger partial charge in [-0.1, -0.05) is 0 Å². The molecular weight excluding hydrogens is 424 g/mol. The van der Waals surface area contributed by atoms with E-state index >= 15 is 0 Å². The summed E-state index contributed by atoms with van der Waals surface area (Å²) in [6, 6.07) is 0. The molecule has 7 heteroatoms. The number of ether oxygens (including phenoxy) is 2. The number of halogens is 2. The number of nitrogens with zero attached hydrogens (tertiary/aromatic N) is 2. The van der Waals surface area contributed by atoms with E-state index in [1.807, 2.05) is 0 Å². The number of alkyl halides is 1. The fraction of sp³-hybridized carbons (Fsp3) is 0.941. The van der Waals surface area contributed by atoms with Crippen LogP contribution in [0.25, 0.3) is 0 Å². The van der Waals surface area contributed by atoms with Crippen LogP contribution < -0.4 is 5.32 Å². The maximum atomic E-state index is 12.2. The molecule has 24 heavy (non-hydrogen) atoms. The van der Waals surface area contributed by atoms with E-state index in [4.69, 9.17) is 9.47 Å². The minimum Gasteiger partial charge on any atom is -0.376 e. The Labute approximate surface area is 162 Å². The molecule has 1 unspecified atom stereocenters. The smallest absolute Gasteiger partial charge is 0.193 e. The van der Waals surface area contributed by atoms with E-state index in [0.29, 0.717) is 25.2 Å². The summed E-state index contributed by atoms with van der Waals surface area (Å²) in [6.07, 6.45) is 6.71. The molecule has 0 bridgehead atoms. The number of likely N-dealkylation sites (tertiary alicyclic amines) is 1. The predicted molar refractivity (Wildman–Crippen MR) is 106 cm³/mol. The van der Waals surface area contributed by atoms with Crippen LogP contribution in [0.2, 0.25) is 0 Å². The van der Waals surface area contributed by atoms with Gasteiger partial charge in [0.1, 0.15) is 0 Å². The first-order valence-corrected chi connectivity index (χ1v) is 9.16. The molecule has 0 aromatic carbocycles. The van der Waals surface area contributed by atoms with Crippen molar-refractivity contribution in [1.29, 1.82) is 0 Å². The summed E-state index contributed by atoms with van der Waals surface area (Å²) in [5.74, 6) is 0.912. The van der Waals surface area contributed by atoms with Crippen molar-refractivity contribution >= 4 is 29.9 Å². The van der Waals surface area contributed by atoms with Crippen molar-refractivity contribution < 1.29 is 13.9 Å². The maximum Gasteiger partial charge on any atom is 0.193 e. The first-order chi connectivity index (χ1) is 11.3. The Balaban J connectivity index is 0.00000288. The number of aliphatic imine (C=N–C) groups is 1. The zero-order valence-corrected chi connectivity index (χ0v) is 17.2. The number of nitrogens with one attached hydrogen (secondary N) is 1. The van der Waals surface area contributed by atoms with Crippen LogP contribution in [0.1, 0.15) is 45.4 Å². The SMILES string of the molecule is CCNC(=NCCCF)N1CCC(OCC2CCCCO2)CC1.I. The molecule has 2 heterocycles. The highest BCUT2D eigenvalue weighted by atomic mass is 127. The van der Waals surface area contributed by atoms with Gasteiger partial charge >= 0.3 is 0 Å². The minimum absolute atomic E-state index is 0. The molecule has 1 N–H and O–H groups in total. The Bertz CT molecular complexity index is 347. The van der Waals surface area contributed by atoms with Crippen molar-refractivity contribution in [2.24, 2.45) is 4.99 Å². The normalized spacial score (nSPS) is 23.0. The molecule has 2 saturated heterocycles. The second-order valence-corrected chi connectivity index (χ2v) is 6.29. The first-order valence-electron chi connectivity index (χ1n) is 9.16. The fourth-order valence-corrected chi connectivity index (χ4v) is 3.09. The van der Waals surface area contributed by atoms with Crippen LogP contribution >= 0.6 is 24.0 Å². The molecule has 0 aromatic rings. The Hall–Kier alpha value is -0.150. The van der Waals surface area contributed by atoms with E-state index in [2.05, 4.69) is 22.1 Å². The zero-order valence-electron chi connectivity index (χ0n) is 14.8. The van der Waals surface area contributed by atoms with Gasteiger partial charge in [0.05, 0.1) is 25.5 Å². The van der Waals surface area contributed by atoms with E-state index in [1.165, 1.54) is 12.8 Å². The number of rotatable bonds is 7. The topological polar surface area (TPSA) is 46.1 Å². The molecule has 1 atom stereocenters.